The number of hydrogen-bond acceptors (Lipinski definition) is 3. The maximum absolute atomic E-state index is 12.0. The van der Waals surface area contributed by atoms with Crippen molar-refractivity contribution in [3.8, 4) is 11.5 Å². The first kappa shape index (κ1) is 17.9. The number of ether oxygens (including phenoxy) is 1. The van der Waals surface area contributed by atoms with E-state index < -0.39 is 0 Å². The average Bonchev–Trinajstić information content (AvgIpc) is 2.61. The van der Waals surface area contributed by atoms with Gasteiger partial charge in [-0.3, -0.25) is 4.79 Å². The molecule has 0 fully saturated rings. The standard InChI is InChI=1S/C20H25NO3/c1-4-14(3)16-8-11-18(19(22)12-16)21-20(23)13-24-17-9-6-15(5-2)7-10-17/h6-12,14,22H,4-5,13H2,1-3H3,(H,21,23). The van der Waals surface area contributed by atoms with Crippen molar-refractivity contribution in [3.05, 3.63) is 53.6 Å². The normalized spacial score (nSPS) is 11.8. The molecule has 0 aliphatic heterocycles. The largest absolute Gasteiger partial charge is 0.506 e. The number of rotatable bonds is 7. The Balaban J connectivity index is 1.91. The van der Waals surface area contributed by atoms with Gasteiger partial charge in [0.05, 0.1) is 5.69 Å². The number of anilines is 1. The zero-order valence-electron chi connectivity index (χ0n) is 14.5. The van der Waals surface area contributed by atoms with Crippen LogP contribution in [0.1, 0.15) is 44.2 Å². The first-order chi connectivity index (χ1) is 11.5. The summed E-state index contributed by atoms with van der Waals surface area (Å²) in [5.74, 6) is 0.795. The van der Waals surface area contributed by atoms with Crippen molar-refractivity contribution in [3.63, 3.8) is 0 Å². The van der Waals surface area contributed by atoms with Crippen molar-refractivity contribution in [2.45, 2.75) is 39.5 Å². The monoisotopic (exact) mass is 327 g/mol. The van der Waals surface area contributed by atoms with E-state index in [0.717, 1.165) is 18.4 Å². The van der Waals surface area contributed by atoms with Gasteiger partial charge in [0.2, 0.25) is 0 Å². The molecule has 128 valence electrons. The third kappa shape index (κ3) is 4.75. The number of phenols is 1. The molecule has 0 saturated carbocycles. The molecular weight excluding hydrogens is 302 g/mol. The number of aryl methyl sites for hydroxylation is 1. The molecular formula is C20H25NO3. The van der Waals surface area contributed by atoms with E-state index in [-0.39, 0.29) is 18.3 Å². The summed E-state index contributed by atoms with van der Waals surface area (Å²) in [4.78, 5) is 12.0. The second kappa shape index (κ2) is 8.39. The number of hydrogen-bond donors (Lipinski definition) is 2. The van der Waals surface area contributed by atoms with Crippen LogP contribution in [0.3, 0.4) is 0 Å². The zero-order chi connectivity index (χ0) is 17.5. The van der Waals surface area contributed by atoms with E-state index in [1.54, 1.807) is 12.1 Å². The van der Waals surface area contributed by atoms with Crippen LogP contribution in [0.5, 0.6) is 11.5 Å². The molecule has 2 rings (SSSR count). The lowest BCUT2D eigenvalue weighted by atomic mass is 9.98. The molecule has 0 saturated heterocycles. The molecule has 1 amide bonds. The first-order valence-electron chi connectivity index (χ1n) is 8.38. The summed E-state index contributed by atoms with van der Waals surface area (Å²) < 4.78 is 5.47. The van der Waals surface area contributed by atoms with Crippen LogP contribution in [0.4, 0.5) is 5.69 Å². The molecule has 2 aromatic carbocycles. The number of amides is 1. The lowest BCUT2D eigenvalue weighted by Crippen LogP contribution is -2.20. The number of nitrogens with one attached hydrogen (secondary N) is 1. The van der Waals surface area contributed by atoms with Gasteiger partial charge in [-0.15, -0.1) is 0 Å². The predicted molar refractivity (Wildman–Crippen MR) is 96.8 cm³/mol. The molecule has 0 heterocycles. The summed E-state index contributed by atoms with van der Waals surface area (Å²) in [5.41, 5.74) is 2.68. The summed E-state index contributed by atoms with van der Waals surface area (Å²) in [6.45, 7) is 6.19. The molecule has 2 N–H and O–H groups in total. The molecule has 2 aromatic rings. The first-order valence-corrected chi connectivity index (χ1v) is 8.38. The SMILES string of the molecule is CCc1ccc(OCC(=O)Nc2ccc(C(C)CC)cc2O)cc1. The molecule has 0 bridgehead atoms. The van der Waals surface area contributed by atoms with Crippen LogP contribution in [0.25, 0.3) is 0 Å². The fourth-order valence-electron chi connectivity index (χ4n) is 2.35. The van der Waals surface area contributed by atoms with Gasteiger partial charge >= 0.3 is 0 Å². The highest BCUT2D eigenvalue weighted by Gasteiger charge is 2.10. The van der Waals surface area contributed by atoms with Crippen molar-refractivity contribution < 1.29 is 14.6 Å². The fraction of sp³-hybridized carbons (Fsp3) is 0.350. The third-order valence-corrected chi connectivity index (χ3v) is 4.18. The Morgan fingerprint density at radius 2 is 1.88 bits per heavy atom. The number of carbonyl (C=O) groups is 1. The summed E-state index contributed by atoms with van der Waals surface area (Å²) in [5, 5.41) is 12.7. The van der Waals surface area contributed by atoms with Gasteiger partial charge in [-0.1, -0.05) is 39.0 Å². The number of phenolic OH excluding ortho intramolecular Hbond substituents is 1. The molecule has 4 nitrogen and oxygen atoms in total. The van der Waals surface area contributed by atoms with Gasteiger partial charge in [-0.2, -0.15) is 0 Å². The summed E-state index contributed by atoms with van der Waals surface area (Å²) in [6.07, 6.45) is 1.96. The van der Waals surface area contributed by atoms with Gasteiger partial charge in [0.15, 0.2) is 6.61 Å². The summed E-state index contributed by atoms with van der Waals surface area (Å²) >= 11 is 0. The Morgan fingerprint density at radius 1 is 1.17 bits per heavy atom. The Labute approximate surface area is 143 Å². The van der Waals surface area contributed by atoms with Crippen LogP contribution < -0.4 is 10.1 Å². The van der Waals surface area contributed by atoms with E-state index in [9.17, 15) is 9.90 Å². The van der Waals surface area contributed by atoms with Crippen molar-refractivity contribution in [1.29, 1.82) is 0 Å². The minimum Gasteiger partial charge on any atom is -0.506 e. The van der Waals surface area contributed by atoms with Crippen LogP contribution in [0, 0.1) is 0 Å². The van der Waals surface area contributed by atoms with E-state index in [2.05, 4.69) is 26.1 Å². The molecule has 1 unspecified atom stereocenters. The van der Waals surface area contributed by atoms with Crippen molar-refractivity contribution >= 4 is 11.6 Å². The molecule has 4 heteroatoms. The van der Waals surface area contributed by atoms with Crippen LogP contribution in [0.2, 0.25) is 0 Å². The second-order valence-corrected chi connectivity index (χ2v) is 5.92. The van der Waals surface area contributed by atoms with Gasteiger partial charge in [-0.05, 0) is 54.2 Å². The fourth-order valence-corrected chi connectivity index (χ4v) is 2.35. The van der Waals surface area contributed by atoms with E-state index >= 15 is 0 Å². The third-order valence-electron chi connectivity index (χ3n) is 4.18. The maximum atomic E-state index is 12.0. The quantitative estimate of drug-likeness (QED) is 0.737. The van der Waals surface area contributed by atoms with Crippen LogP contribution >= 0.6 is 0 Å². The van der Waals surface area contributed by atoms with Gasteiger partial charge in [0.1, 0.15) is 11.5 Å². The van der Waals surface area contributed by atoms with E-state index in [0.29, 0.717) is 17.4 Å². The highest BCUT2D eigenvalue weighted by atomic mass is 16.5. The number of benzene rings is 2. The highest BCUT2D eigenvalue weighted by Crippen LogP contribution is 2.29. The Hall–Kier alpha value is -2.49. The minimum absolute atomic E-state index is 0.0773. The molecule has 24 heavy (non-hydrogen) atoms. The lowest BCUT2D eigenvalue weighted by Gasteiger charge is -2.13. The molecule has 0 aromatic heterocycles. The van der Waals surface area contributed by atoms with E-state index in [4.69, 9.17) is 4.74 Å². The second-order valence-electron chi connectivity index (χ2n) is 5.92. The van der Waals surface area contributed by atoms with Crippen LogP contribution in [-0.4, -0.2) is 17.6 Å². The van der Waals surface area contributed by atoms with Crippen LogP contribution in [-0.2, 0) is 11.2 Å². The average molecular weight is 327 g/mol. The van der Waals surface area contributed by atoms with Gasteiger partial charge < -0.3 is 15.2 Å². The zero-order valence-corrected chi connectivity index (χ0v) is 14.5. The number of aromatic hydroxyl groups is 1. The molecule has 0 radical (unpaired) electrons. The molecule has 1 atom stereocenters. The Morgan fingerprint density at radius 3 is 2.46 bits per heavy atom. The van der Waals surface area contributed by atoms with E-state index in [1.165, 1.54) is 5.56 Å². The molecule has 0 aliphatic rings. The van der Waals surface area contributed by atoms with Crippen molar-refractivity contribution in [2.75, 3.05) is 11.9 Å². The smallest absolute Gasteiger partial charge is 0.262 e. The van der Waals surface area contributed by atoms with Crippen molar-refractivity contribution in [1.82, 2.24) is 0 Å². The van der Waals surface area contributed by atoms with Crippen molar-refractivity contribution in [2.24, 2.45) is 0 Å². The molecule has 0 spiro atoms. The van der Waals surface area contributed by atoms with Crippen LogP contribution in [0.15, 0.2) is 42.5 Å². The minimum atomic E-state index is -0.304. The van der Waals surface area contributed by atoms with Gasteiger partial charge in [0.25, 0.3) is 5.91 Å². The molecule has 0 aliphatic carbocycles. The summed E-state index contributed by atoms with van der Waals surface area (Å²) in [6, 6.07) is 13.0. The van der Waals surface area contributed by atoms with Gasteiger partial charge in [-0.25, -0.2) is 0 Å². The maximum Gasteiger partial charge on any atom is 0.262 e. The predicted octanol–water partition coefficient (Wildman–Crippen LogP) is 4.49. The topological polar surface area (TPSA) is 58.6 Å². The van der Waals surface area contributed by atoms with Gasteiger partial charge in [0, 0.05) is 0 Å². The Kier molecular flexibility index (Phi) is 6.24. The Bertz CT molecular complexity index is 680. The lowest BCUT2D eigenvalue weighted by molar-refractivity contribution is -0.118. The summed E-state index contributed by atoms with van der Waals surface area (Å²) in [7, 11) is 0. The van der Waals surface area contributed by atoms with E-state index in [1.807, 2.05) is 30.3 Å². The number of carbonyl (C=O) groups excluding carboxylic acids is 1. The highest BCUT2D eigenvalue weighted by molar-refractivity contribution is 5.93.